The highest BCUT2D eigenvalue weighted by Gasteiger charge is 2.38. The normalized spacial score (nSPS) is 18.8. The van der Waals surface area contributed by atoms with Crippen molar-refractivity contribution < 1.29 is 9.59 Å². The summed E-state index contributed by atoms with van der Waals surface area (Å²) in [5.74, 6) is 0.409. The first-order chi connectivity index (χ1) is 12.1. The molecule has 4 heteroatoms. The second-order valence-electron chi connectivity index (χ2n) is 7.41. The van der Waals surface area contributed by atoms with Gasteiger partial charge in [0.05, 0.1) is 0 Å². The van der Waals surface area contributed by atoms with E-state index in [1.807, 2.05) is 41.3 Å². The smallest absolute Gasteiger partial charge is 0.246 e. The molecule has 0 bridgehead atoms. The third kappa shape index (κ3) is 4.50. The van der Waals surface area contributed by atoms with Crippen LogP contribution in [0.3, 0.4) is 0 Å². The fourth-order valence-corrected chi connectivity index (χ4v) is 3.60. The molecule has 0 radical (unpaired) electrons. The van der Waals surface area contributed by atoms with Gasteiger partial charge in [0.15, 0.2) is 0 Å². The Bertz CT molecular complexity index is 625. The highest BCUT2D eigenvalue weighted by molar-refractivity contribution is 5.92. The van der Waals surface area contributed by atoms with Crippen molar-refractivity contribution >= 4 is 17.9 Å². The second kappa shape index (κ2) is 7.85. The number of rotatable bonds is 5. The van der Waals surface area contributed by atoms with Crippen molar-refractivity contribution in [1.29, 1.82) is 0 Å². The van der Waals surface area contributed by atoms with Crippen LogP contribution >= 0.6 is 0 Å². The molecule has 1 saturated heterocycles. The summed E-state index contributed by atoms with van der Waals surface area (Å²) in [4.78, 5) is 29.1. The van der Waals surface area contributed by atoms with E-state index < -0.39 is 0 Å². The average molecular weight is 340 g/mol. The Morgan fingerprint density at radius 2 is 1.72 bits per heavy atom. The third-order valence-electron chi connectivity index (χ3n) is 5.12. The molecule has 1 heterocycles. The lowest BCUT2D eigenvalue weighted by molar-refractivity contribution is -0.141. The van der Waals surface area contributed by atoms with Crippen LogP contribution < -0.4 is 0 Å². The molecule has 1 aliphatic heterocycles. The van der Waals surface area contributed by atoms with Crippen LogP contribution in [0.1, 0.15) is 45.1 Å². The summed E-state index contributed by atoms with van der Waals surface area (Å²) >= 11 is 0. The third-order valence-corrected chi connectivity index (χ3v) is 5.12. The molecule has 25 heavy (non-hydrogen) atoms. The van der Waals surface area contributed by atoms with E-state index in [0.29, 0.717) is 25.0 Å². The topological polar surface area (TPSA) is 40.6 Å². The minimum absolute atomic E-state index is 0.0395. The van der Waals surface area contributed by atoms with Crippen molar-refractivity contribution in [2.75, 3.05) is 13.1 Å². The Hall–Kier alpha value is -2.10. The van der Waals surface area contributed by atoms with Crippen molar-refractivity contribution in [1.82, 2.24) is 9.80 Å². The summed E-state index contributed by atoms with van der Waals surface area (Å²) in [6.07, 6.45) is 7.34. The molecule has 2 amide bonds. The predicted molar refractivity (Wildman–Crippen MR) is 99.8 cm³/mol. The summed E-state index contributed by atoms with van der Waals surface area (Å²) in [6, 6.07) is 10.6. The Morgan fingerprint density at radius 3 is 2.28 bits per heavy atom. The van der Waals surface area contributed by atoms with Gasteiger partial charge in [0.1, 0.15) is 0 Å². The van der Waals surface area contributed by atoms with Crippen LogP contribution in [0.15, 0.2) is 36.4 Å². The van der Waals surface area contributed by atoms with Crippen LogP contribution in [0, 0.1) is 5.92 Å². The van der Waals surface area contributed by atoms with Gasteiger partial charge in [0.2, 0.25) is 11.8 Å². The molecule has 0 N–H and O–H groups in total. The standard InChI is InChI=1S/C21H28N2O2/c1-16(2)23(19-9-10-19)21(25)18-12-14-22(15-13-18)20(24)11-8-17-6-4-3-5-7-17/h3-8,11,16,18-19H,9-10,12-15H2,1-2H3. The zero-order valence-electron chi connectivity index (χ0n) is 15.2. The molecule has 1 aromatic rings. The van der Waals surface area contributed by atoms with Crippen molar-refractivity contribution in [3.05, 3.63) is 42.0 Å². The molecule has 3 rings (SSSR count). The molecule has 134 valence electrons. The number of nitrogens with zero attached hydrogens (tertiary/aromatic N) is 2. The number of hydrogen-bond donors (Lipinski definition) is 0. The number of carbonyl (C=O) groups is 2. The molecule has 1 saturated carbocycles. The minimum Gasteiger partial charge on any atom is -0.339 e. The zero-order chi connectivity index (χ0) is 17.8. The Kier molecular flexibility index (Phi) is 5.57. The zero-order valence-corrected chi connectivity index (χ0v) is 15.2. The van der Waals surface area contributed by atoms with Gasteiger partial charge in [0, 0.05) is 37.2 Å². The molecule has 4 nitrogen and oxygen atoms in total. The number of piperidine rings is 1. The SMILES string of the molecule is CC(C)N(C(=O)C1CCN(C(=O)C=Cc2ccccc2)CC1)C1CC1. The maximum Gasteiger partial charge on any atom is 0.246 e. The van der Waals surface area contributed by atoms with Crippen molar-refractivity contribution in [2.45, 2.75) is 51.6 Å². The van der Waals surface area contributed by atoms with E-state index in [4.69, 9.17) is 0 Å². The predicted octanol–water partition coefficient (Wildman–Crippen LogP) is 3.34. The molecule has 0 atom stereocenters. The van der Waals surface area contributed by atoms with Crippen molar-refractivity contribution in [3.63, 3.8) is 0 Å². The Morgan fingerprint density at radius 1 is 1.08 bits per heavy atom. The first-order valence-corrected chi connectivity index (χ1v) is 9.40. The van der Waals surface area contributed by atoms with Crippen LogP contribution in [0.25, 0.3) is 6.08 Å². The first-order valence-electron chi connectivity index (χ1n) is 9.40. The molecule has 1 aromatic carbocycles. The van der Waals surface area contributed by atoms with Gasteiger partial charge in [-0.05, 0) is 51.2 Å². The van der Waals surface area contributed by atoms with E-state index in [0.717, 1.165) is 31.2 Å². The number of benzene rings is 1. The lowest BCUT2D eigenvalue weighted by Gasteiger charge is -2.35. The minimum atomic E-state index is 0.0395. The summed E-state index contributed by atoms with van der Waals surface area (Å²) in [6.45, 7) is 5.54. The molecule has 2 aliphatic rings. The Labute approximate surface area is 150 Å². The van der Waals surface area contributed by atoms with E-state index in [1.165, 1.54) is 0 Å². The van der Waals surface area contributed by atoms with Crippen LogP contribution in [0.5, 0.6) is 0 Å². The van der Waals surface area contributed by atoms with Gasteiger partial charge in [0.25, 0.3) is 0 Å². The number of likely N-dealkylation sites (tertiary alicyclic amines) is 1. The van der Waals surface area contributed by atoms with E-state index in [-0.39, 0.29) is 17.9 Å². The van der Waals surface area contributed by atoms with E-state index in [2.05, 4.69) is 18.7 Å². The molecule has 0 spiro atoms. The van der Waals surface area contributed by atoms with Crippen LogP contribution in [-0.2, 0) is 9.59 Å². The van der Waals surface area contributed by atoms with Gasteiger partial charge in [-0.1, -0.05) is 30.3 Å². The van der Waals surface area contributed by atoms with Crippen LogP contribution in [0.2, 0.25) is 0 Å². The molecule has 2 fully saturated rings. The van der Waals surface area contributed by atoms with Crippen molar-refractivity contribution in [2.24, 2.45) is 5.92 Å². The summed E-state index contributed by atoms with van der Waals surface area (Å²) in [5.41, 5.74) is 1.03. The number of carbonyl (C=O) groups excluding carboxylic acids is 2. The van der Waals surface area contributed by atoms with E-state index in [1.54, 1.807) is 6.08 Å². The van der Waals surface area contributed by atoms with Gasteiger partial charge in [-0.15, -0.1) is 0 Å². The van der Waals surface area contributed by atoms with Crippen molar-refractivity contribution in [3.8, 4) is 0 Å². The highest BCUT2D eigenvalue weighted by atomic mass is 16.2. The largest absolute Gasteiger partial charge is 0.339 e. The summed E-state index contributed by atoms with van der Waals surface area (Å²) in [7, 11) is 0. The molecular weight excluding hydrogens is 312 g/mol. The molecule has 0 unspecified atom stereocenters. The van der Waals surface area contributed by atoms with Gasteiger partial charge in [-0.25, -0.2) is 0 Å². The van der Waals surface area contributed by atoms with Gasteiger partial charge < -0.3 is 9.80 Å². The lowest BCUT2D eigenvalue weighted by atomic mass is 9.94. The molecule has 0 aromatic heterocycles. The van der Waals surface area contributed by atoms with Crippen LogP contribution in [-0.4, -0.2) is 46.8 Å². The van der Waals surface area contributed by atoms with Gasteiger partial charge in [-0.3, -0.25) is 9.59 Å². The monoisotopic (exact) mass is 340 g/mol. The fourth-order valence-electron chi connectivity index (χ4n) is 3.60. The van der Waals surface area contributed by atoms with Gasteiger partial charge >= 0.3 is 0 Å². The van der Waals surface area contributed by atoms with E-state index in [9.17, 15) is 9.59 Å². The number of amides is 2. The fraction of sp³-hybridized carbons (Fsp3) is 0.524. The average Bonchev–Trinajstić information content (AvgIpc) is 3.45. The number of hydrogen-bond acceptors (Lipinski definition) is 2. The maximum atomic E-state index is 12.8. The molecule has 1 aliphatic carbocycles. The van der Waals surface area contributed by atoms with E-state index >= 15 is 0 Å². The summed E-state index contributed by atoms with van der Waals surface area (Å²) in [5, 5.41) is 0. The Balaban J connectivity index is 1.52. The quantitative estimate of drug-likeness (QED) is 0.772. The summed E-state index contributed by atoms with van der Waals surface area (Å²) < 4.78 is 0. The first kappa shape index (κ1) is 17.7. The second-order valence-corrected chi connectivity index (χ2v) is 7.41. The maximum absolute atomic E-state index is 12.8. The highest BCUT2D eigenvalue weighted by Crippen LogP contribution is 2.32. The van der Waals surface area contributed by atoms with Gasteiger partial charge in [-0.2, -0.15) is 0 Å². The molecular formula is C21H28N2O2. The lowest BCUT2D eigenvalue weighted by Crippen LogP contribution is -2.47. The van der Waals surface area contributed by atoms with Crippen LogP contribution in [0.4, 0.5) is 0 Å².